The Morgan fingerprint density at radius 2 is 1.77 bits per heavy atom. The Morgan fingerprint density at radius 3 is 2.40 bits per heavy atom. The number of likely N-dealkylation sites (N-methyl/N-ethyl adjacent to an activating group) is 1. The minimum atomic E-state index is -2.23. The highest BCUT2D eigenvalue weighted by molar-refractivity contribution is 6.31. The van der Waals surface area contributed by atoms with Crippen molar-refractivity contribution in [1.82, 2.24) is 4.90 Å². The van der Waals surface area contributed by atoms with Crippen molar-refractivity contribution in [3.63, 3.8) is 0 Å². The summed E-state index contributed by atoms with van der Waals surface area (Å²) in [4.78, 5) is 42.3. The van der Waals surface area contributed by atoms with Gasteiger partial charge in [0.05, 0.1) is 42.1 Å². The quantitative estimate of drug-likeness (QED) is 0.235. The fraction of sp³-hybridized carbons (Fsp3) is 0.516. The summed E-state index contributed by atoms with van der Waals surface area (Å²) in [6.45, 7) is 5.90. The van der Waals surface area contributed by atoms with Gasteiger partial charge in [-0.3, -0.25) is 19.3 Å². The molecule has 43 heavy (non-hydrogen) atoms. The van der Waals surface area contributed by atoms with Crippen LogP contribution >= 0.6 is 0 Å². The van der Waals surface area contributed by atoms with Crippen molar-refractivity contribution in [2.24, 2.45) is 0 Å². The number of phenolic OH excluding ortho intramolecular Hbond substituents is 2. The number of nitrogens with zero attached hydrogens (tertiary/aromatic N) is 1. The second-order valence-electron chi connectivity index (χ2n) is 11.3. The fourth-order valence-electron chi connectivity index (χ4n) is 6.75. The van der Waals surface area contributed by atoms with Gasteiger partial charge in [-0.25, -0.2) is 0 Å². The first kappa shape index (κ1) is 31.0. The van der Waals surface area contributed by atoms with Crippen molar-refractivity contribution in [3.05, 3.63) is 51.6 Å². The van der Waals surface area contributed by atoms with Gasteiger partial charge in [-0.15, -0.1) is 0 Å². The standard InChI is InChI=1S/C31H37NO11/c1-5-32(6-2)17-10-21(42-14(3)26(17)35)43-19-12-31(40,20(34)13-33)11-16-23(19)30(39)25-24(28(16)37)27(36)15-8-7-9-18(41-4)22(15)29(25)38/h7-9,14,17,19,21,26,33,35,37,39-40H,5-6,10-13H2,1-4H3/t14-,17+,19-,21-,26+,31+/m1/s1. The van der Waals surface area contributed by atoms with Crippen LogP contribution in [0.3, 0.4) is 0 Å². The first-order valence-electron chi connectivity index (χ1n) is 14.4. The van der Waals surface area contributed by atoms with Crippen LogP contribution in [0.2, 0.25) is 0 Å². The van der Waals surface area contributed by atoms with E-state index < -0.39 is 89.6 Å². The Hall–Kier alpha value is -3.39. The summed E-state index contributed by atoms with van der Waals surface area (Å²) >= 11 is 0. The molecule has 0 radical (unpaired) electrons. The van der Waals surface area contributed by atoms with Crippen LogP contribution in [-0.2, 0) is 20.7 Å². The van der Waals surface area contributed by atoms with Crippen LogP contribution in [0.4, 0.5) is 0 Å². The van der Waals surface area contributed by atoms with Gasteiger partial charge >= 0.3 is 0 Å². The lowest BCUT2D eigenvalue weighted by Crippen LogP contribution is -2.55. The molecule has 0 amide bonds. The zero-order valence-electron chi connectivity index (χ0n) is 24.5. The molecule has 12 heteroatoms. The molecule has 0 aromatic heterocycles. The van der Waals surface area contributed by atoms with E-state index in [-0.39, 0.29) is 40.5 Å². The van der Waals surface area contributed by atoms with Gasteiger partial charge in [0.25, 0.3) is 0 Å². The van der Waals surface area contributed by atoms with Crippen molar-refractivity contribution < 1.29 is 54.1 Å². The normalized spacial score (nSPS) is 28.3. The van der Waals surface area contributed by atoms with Crippen LogP contribution in [0.5, 0.6) is 17.2 Å². The molecule has 0 spiro atoms. The van der Waals surface area contributed by atoms with Crippen molar-refractivity contribution >= 4 is 17.3 Å². The molecule has 6 atom stereocenters. The first-order chi connectivity index (χ1) is 20.4. The number of ketones is 3. The Morgan fingerprint density at radius 1 is 1.09 bits per heavy atom. The Balaban J connectivity index is 1.65. The number of ether oxygens (including phenoxy) is 3. The number of carbonyl (C=O) groups is 3. The summed E-state index contributed by atoms with van der Waals surface area (Å²) in [7, 11) is 1.34. The molecule has 2 aliphatic carbocycles. The third-order valence-corrected chi connectivity index (χ3v) is 9.01. The summed E-state index contributed by atoms with van der Waals surface area (Å²) < 4.78 is 17.5. The minimum absolute atomic E-state index is 0.0394. The second-order valence-corrected chi connectivity index (χ2v) is 11.3. The van der Waals surface area contributed by atoms with Crippen molar-refractivity contribution in [2.45, 2.75) is 76.3 Å². The number of fused-ring (bicyclic) bond motifs is 3. The molecule has 12 nitrogen and oxygen atoms in total. The lowest BCUT2D eigenvalue weighted by Gasteiger charge is -2.45. The Labute approximate surface area is 248 Å². The second kappa shape index (κ2) is 11.6. The highest BCUT2D eigenvalue weighted by atomic mass is 16.7. The maximum Gasteiger partial charge on any atom is 0.202 e. The van der Waals surface area contributed by atoms with Gasteiger partial charge in [0.2, 0.25) is 5.78 Å². The van der Waals surface area contributed by atoms with E-state index in [1.54, 1.807) is 6.92 Å². The number of carbonyl (C=O) groups excluding carboxylic acids is 3. The fourth-order valence-corrected chi connectivity index (χ4v) is 6.75. The van der Waals surface area contributed by atoms with Crippen molar-refractivity contribution in [3.8, 4) is 17.2 Å². The van der Waals surface area contributed by atoms with Gasteiger partial charge < -0.3 is 39.7 Å². The number of aliphatic hydroxyl groups is 3. The van der Waals surface area contributed by atoms with Crippen LogP contribution in [0, 0.1) is 0 Å². The van der Waals surface area contributed by atoms with E-state index in [2.05, 4.69) is 4.90 Å². The number of methoxy groups -OCH3 is 1. The summed E-state index contributed by atoms with van der Waals surface area (Å²) in [5, 5.41) is 55.0. The summed E-state index contributed by atoms with van der Waals surface area (Å²) in [6, 6.07) is 4.06. The molecule has 1 fully saturated rings. The number of benzene rings is 2. The molecule has 5 rings (SSSR count). The maximum absolute atomic E-state index is 13.8. The zero-order valence-corrected chi connectivity index (χ0v) is 24.5. The molecule has 1 heterocycles. The van der Waals surface area contributed by atoms with E-state index in [9.17, 15) is 39.9 Å². The Kier molecular flexibility index (Phi) is 8.38. The third-order valence-electron chi connectivity index (χ3n) is 9.01. The summed E-state index contributed by atoms with van der Waals surface area (Å²) in [5.74, 6) is -3.66. The zero-order chi connectivity index (χ0) is 31.4. The van der Waals surface area contributed by atoms with Crippen LogP contribution in [0.25, 0.3) is 0 Å². The van der Waals surface area contributed by atoms with Gasteiger partial charge in [0.15, 0.2) is 17.9 Å². The summed E-state index contributed by atoms with van der Waals surface area (Å²) in [5.41, 5.74) is -3.48. The lowest BCUT2D eigenvalue weighted by atomic mass is 9.72. The van der Waals surface area contributed by atoms with E-state index >= 15 is 0 Å². The number of phenols is 2. The largest absolute Gasteiger partial charge is 0.507 e. The Bertz CT molecular complexity index is 1470. The van der Waals surface area contributed by atoms with Crippen LogP contribution in [0.15, 0.2) is 18.2 Å². The van der Waals surface area contributed by atoms with Crippen LogP contribution in [-0.4, -0.2) is 105 Å². The topological polar surface area (TPSA) is 183 Å². The molecular formula is C31H37NO11. The molecule has 0 bridgehead atoms. The van der Waals surface area contributed by atoms with Gasteiger partial charge in [0, 0.05) is 42.0 Å². The smallest absolute Gasteiger partial charge is 0.202 e. The van der Waals surface area contributed by atoms with Gasteiger partial charge in [-0.05, 0) is 26.1 Å². The van der Waals surface area contributed by atoms with Crippen molar-refractivity contribution in [2.75, 3.05) is 26.8 Å². The molecule has 0 saturated carbocycles. The van der Waals surface area contributed by atoms with Crippen LogP contribution < -0.4 is 4.74 Å². The van der Waals surface area contributed by atoms with E-state index in [1.165, 1.54) is 25.3 Å². The van der Waals surface area contributed by atoms with E-state index in [4.69, 9.17) is 14.2 Å². The number of aliphatic hydroxyl groups excluding tert-OH is 2. The predicted molar refractivity (Wildman–Crippen MR) is 150 cm³/mol. The van der Waals surface area contributed by atoms with Gasteiger partial charge in [-0.2, -0.15) is 0 Å². The number of Topliss-reactive ketones (excluding diaryl/α,β-unsaturated/α-hetero) is 1. The van der Waals surface area contributed by atoms with E-state index in [1.807, 2.05) is 13.8 Å². The highest BCUT2D eigenvalue weighted by Crippen LogP contribution is 2.52. The number of hydrogen-bond donors (Lipinski definition) is 5. The molecule has 2 aromatic carbocycles. The van der Waals surface area contributed by atoms with Crippen molar-refractivity contribution in [1.29, 1.82) is 0 Å². The van der Waals surface area contributed by atoms with Crippen LogP contribution in [0.1, 0.15) is 82.7 Å². The highest BCUT2D eigenvalue weighted by Gasteiger charge is 2.50. The monoisotopic (exact) mass is 599 g/mol. The molecule has 3 aliphatic rings. The van der Waals surface area contributed by atoms with E-state index in [0.717, 1.165) is 0 Å². The van der Waals surface area contributed by atoms with Gasteiger partial charge in [-0.1, -0.05) is 26.0 Å². The predicted octanol–water partition coefficient (Wildman–Crippen LogP) is 1.38. The molecule has 5 N–H and O–H groups in total. The average Bonchev–Trinajstić information content (AvgIpc) is 2.99. The third kappa shape index (κ3) is 4.91. The lowest BCUT2D eigenvalue weighted by molar-refractivity contribution is -0.258. The molecule has 1 saturated heterocycles. The summed E-state index contributed by atoms with van der Waals surface area (Å²) in [6.07, 6.45) is -4.57. The molecule has 232 valence electrons. The number of aromatic hydroxyl groups is 2. The van der Waals surface area contributed by atoms with E-state index in [0.29, 0.717) is 13.1 Å². The number of rotatable bonds is 8. The minimum Gasteiger partial charge on any atom is -0.507 e. The molecular weight excluding hydrogens is 562 g/mol. The SMILES string of the molecule is CCN(CC)[C@H]1C[C@@H](O[C@@H]2C[C@](O)(C(=O)CO)Cc3c(O)c4c(c(O)c32)C(=O)c2c(OC)cccc2C4=O)O[C@H](C)[C@@H]1O. The molecule has 0 unspecified atom stereocenters. The molecule has 2 aromatic rings. The average molecular weight is 600 g/mol. The number of hydrogen-bond acceptors (Lipinski definition) is 12. The first-order valence-corrected chi connectivity index (χ1v) is 14.4. The van der Waals surface area contributed by atoms with Gasteiger partial charge in [0.1, 0.15) is 29.5 Å². The maximum atomic E-state index is 13.8. The molecule has 1 aliphatic heterocycles.